The molecule has 0 aliphatic rings. The molecule has 4 N–H and O–H groups in total. The minimum Gasteiger partial charge on any atom is -0.396 e. The fraction of sp³-hybridized carbons (Fsp3) is 0.667. The maximum absolute atomic E-state index is 8.79. The van der Waals surface area contributed by atoms with Gasteiger partial charge in [-0.25, -0.2) is 9.97 Å². The summed E-state index contributed by atoms with van der Waals surface area (Å²) in [6, 6.07) is 0.258. The van der Waals surface area contributed by atoms with E-state index < -0.39 is 0 Å². The van der Waals surface area contributed by atoms with Gasteiger partial charge in [-0.05, 0) is 25.7 Å². The van der Waals surface area contributed by atoms with Crippen molar-refractivity contribution in [2.45, 2.75) is 45.6 Å². The molecule has 0 saturated heterocycles. The van der Waals surface area contributed by atoms with E-state index in [1.165, 1.54) is 6.33 Å². The van der Waals surface area contributed by atoms with E-state index in [4.69, 9.17) is 10.8 Å². The number of nitrogens with zero attached hydrogens (tertiary/aromatic N) is 2. The maximum atomic E-state index is 8.79. The number of aliphatic hydroxyl groups is 1. The van der Waals surface area contributed by atoms with Crippen molar-refractivity contribution in [2.24, 2.45) is 0 Å². The Morgan fingerprint density at radius 1 is 1.35 bits per heavy atom. The highest BCUT2D eigenvalue weighted by molar-refractivity contribution is 5.56. The molecule has 0 amide bonds. The summed E-state index contributed by atoms with van der Waals surface area (Å²) < 4.78 is 0. The number of aliphatic hydroxyl groups excluding tert-OH is 1. The molecule has 1 aromatic rings. The molecule has 0 fully saturated rings. The lowest BCUT2D eigenvalue weighted by Gasteiger charge is -2.19. The Bertz CT molecular complexity index is 354. The molecule has 5 heteroatoms. The first-order chi connectivity index (χ1) is 8.06. The minimum absolute atomic E-state index is 0.217. The van der Waals surface area contributed by atoms with Crippen molar-refractivity contribution >= 4 is 11.6 Å². The summed E-state index contributed by atoms with van der Waals surface area (Å²) in [5.74, 6) is 1.62. The molecular formula is C12H22N4O. The van der Waals surface area contributed by atoms with Crippen molar-refractivity contribution in [1.82, 2.24) is 9.97 Å². The fourth-order valence-corrected chi connectivity index (χ4v) is 1.80. The van der Waals surface area contributed by atoms with Gasteiger partial charge in [0.25, 0.3) is 0 Å². The monoisotopic (exact) mass is 238 g/mol. The van der Waals surface area contributed by atoms with Crippen LogP contribution < -0.4 is 11.1 Å². The maximum Gasteiger partial charge on any atom is 0.135 e. The number of hydrogen-bond acceptors (Lipinski definition) is 5. The molecule has 1 atom stereocenters. The first kappa shape index (κ1) is 13.7. The van der Waals surface area contributed by atoms with E-state index in [0.29, 0.717) is 5.82 Å². The van der Waals surface area contributed by atoms with Gasteiger partial charge in [-0.1, -0.05) is 13.8 Å². The molecule has 0 spiro atoms. The van der Waals surface area contributed by atoms with Crippen molar-refractivity contribution in [2.75, 3.05) is 17.7 Å². The highest BCUT2D eigenvalue weighted by Crippen LogP contribution is 2.26. The van der Waals surface area contributed by atoms with Gasteiger partial charge in [0.2, 0.25) is 0 Å². The van der Waals surface area contributed by atoms with Crippen LogP contribution in [0, 0.1) is 0 Å². The molecule has 5 nitrogen and oxygen atoms in total. The zero-order valence-electron chi connectivity index (χ0n) is 10.8. The van der Waals surface area contributed by atoms with E-state index in [9.17, 15) is 0 Å². The van der Waals surface area contributed by atoms with Crippen LogP contribution in [-0.2, 0) is 0 Å². The summed E-state index contributed by atoms with van der Waals surface area (Å²) >= 11 is 0. The van der Waals surface area contributed by atoms with E-state index in [-0.39, 0.29) is 18.6 Å². The lowest BCUT2D eigenvalue weighted by atomic mass is 10.0. The van der Waals surface area contributed by atoms with E-state index in [0.717, 1.165) is 24.2 Å². The second kappa shape index (κ2) is 6.39. The van der Waals surface area contributed by atoms with Crippen molar-refractivity contribution in [3.05, 3.63) is 11.9 Å². The summed E-state index contributed by atoms with van der Waals surface area (Å²) in [4.78, 5) is 8.26. The number of nitrogen functional groups attached to an aromatic ring is 1. The van der Waals surface area contributed by atoms with Crippen LogP contribution in [0.1, 0.15) is 45.1 Å². The predicted octanol–water partition coefficient (Wildman–Crippen LogP) is 1.76. The number of nitrogens with two attached hydrogens (primary N) is 1. The van der Waals surface area contributed by atoms with Crippen LogP contribution in [0.15, 0.2) is 6.33 Å². The molecule has 0 aliphatic heterocycles. The Hall–Kier alpha value is -1.36. The van der Waals surface area contributed by atoms with Crippen LogP contribution in [-0.4, -0.2) is 27.7 Å². The lowest BCUT2D eigenvalue weighted by Crippen LogP contribution is -2.19. The summed E-state index contributed by atoms with van der Waals surface area (Å²) in [5, 5.41) is 12.1. The van der Waals surface area contributed by atoms with Gasteiger partial charge in [-0.15, -0.1) is 0 Å². The molecule has 1 unspecified atom stereocenters. The standard InChI is InChI=1S/C12H22N4O/c1-8(2)10-11(13)14-7-15-12(10)16-9(3)5-4-6-17/h7-9,17H,4-6H2,1-3H3,(H3,13,14,15,16). The summed E-state index contributed by atoms with van der Waals surface area (Å²) in [6.07, 6.45) is 3.16. The zero-order chi connectivity index (χ0) is 12.8. The topological polar surface area (TPSA) is 84.1 Å². The van der Waals surface area contributed by atoms with Crippen LogP contribution in [0.4, 0.5) is 11.6 Å². The molecule has 0 aliphatic carbocycles. The van der Waals surface area contributed by atoms with Crippen LogP contribution in [0.25, 0.3) is 0 Å². The average molecular weight is 238 g/mol. The third-order valence-corrected chi connectivity index (χ3v) is 2.67. The largest absolute Gasteiger partial charge is 0.396 e. The summed E-state index contributed by atoms with van der Waals surface area (Å²) in [7, 11) is 0. The first-order valence-electron chi connectivity index (χ1n) is 6.04. The van der Waals surface area contributed by atoms with Gasteiger partial charge in [-0.2, -0.15) is 0 Å². The molecule has 0 bridgehead atoms. The van der Waals surface area contributed by atoms with Crippen LogP contribution in [0.3, 0.4) is 0 Å². The van der Waals surface area contributed by atoms with Gasteiger partial charge in [0, 0.05) is 18.2 Å². The van der Waals surface area contributed by atoms with Gasteiger partial charge in [0.1, 0.15) is 18.0 Å². The number of rotatable bonds is 6. The van der Waals surface area contributed by atoms with Crippen molar-refractivity contribution in [1.29, 1.82) is 0 Å². The average Bonchev–Trinajstić information content (AvgIpc) is 2.25. The highest BCUT2D eigenvalue weighted by Gasteiger charge is 2.14. The quantitative estimate of drug-likeness (QED) is 0.703. The predicted molar refractivity (Wildman–Crippen MR) is 69.9 cm³/mol. The van der Waals surface area contributed by atoms with Gasteiger partial charge < -0.3 is 16.2 Å². The molecule has 1 rings (SSSR count). The molecule has 1 aromatic heterocycles. The summed E-state index contributed by atoms with van der Waals surface area (Å²) in [5.41, 5.74) is 6.83. The highest BCUT2D eigenvalue weighted by atomic mass is 16.2. The molecule has 0 aromatic carbocycles. The van der Waals surface area contributed by atoms with Gasteiger partial charge in [0.05, 0.1) is 0 Å². The second-order valence-corrected chi connectivity index (χ2v) is 4.59. The Morgan fingerprint density at radius 2 is 2.06 bits per heavy atom. The van der Waals surface area contributed by atoms with Crippen LogP contribution >= 0.6 is 0 Å². The third-order valence-electron chi connectivity index (χ3n) is 2.67. The number of anilines is 2. The SMILES string of the molecule is CC(CCCO)Nc1ncnc(N)c1C(C)C. The molecule has 0 radical (unpaired) electrons. The van der Waals surface area contributed by atoms with E-state index >= 15 is 0 Å². The zero-order valence-corrected chi connectivity index (χ0v) is 10.8. The van der Waals surface area contributed by atoms with Gasteiger partial charge >= 0.3 is 0 Å². The number of aromatic nitrogens is 2. The van der Waals surface area contributed by atoms with Crippen molar-refractivity contribution in [3.8, 4) is 0 Å². The van der Waals surface area contributed by atoms with Gasteiger partial charge in [0.15, 0.2) is 0 Å². The molecule has 96 valence electrons. The van der Waals surface area contributed by atoms with E-state index in [1.54, 1.807) is 0 Å². The lowest BCUT2D eigenvalue weighted by molar-refractivity contribution is 0.282. The third kappa shape index (κ3) is 3.85. The Balaban J connectivity index is 2.79. The normalized spacial score (nSPS) is 12.8. The Labute approximate surface area is 102 Å². The molecule has 17 heavy (non-hydrogen) atoms. The smallest absolute Gasteiger partial charge is 0.135 e. The number of hydrogen-bond donors (Lipinski definition) is 3. The van der Waals surface area contributed by atoms with Crippen LogP contribution in [0.2, 0.25) is 0 Å². The fourth-order valence-electron chi connectivity index (χ4n) is 1.80. The second-order valence-electron chi connectivity index (χ2n) is 4.59. The van der Waals surface area contributed by atoms with Gasteiger partial charge in [-0.3, -0.25) is 0 Å². The van der Waals surface area contributed by atoms with Crippen molar-refractivity contribution in [3.63, 3.8) is 0 Å². The van der Waals surface area contributed by atoms with E-state index in [2.05, 4.69) is 36.1 Å². The first-order valence-corrected chi connectivity index (χ1v) is 6.04. The molecule has 1 heterocycles. The van der Waals surface area contributed by atoms with Crippen molar-refractivity contribution < 1.29 is 5.11 Å². The Kier molecular flexibility index (Phi) is 5.15. The van der Waals surface area contributed by atoms with E-state index in [1.807, 2.05) is 0 Å². The minimum atomic E-state index is 0.217. The molecular weight excluding hydrogens is 216 g/mol. The number of nitrogens with one attached hydrogen (secondary N) is 1. The van der Waals surface area contributed by atoms with Crippen LogP contribution in [0.5, 0.6) is 0 Å². The molecule has 0 saturated carbocycles. The Morgan fingerprint density at radius 3 is 2.65 bits per heavy atom. The summed E-state index contributed by atoms with van der Waals surface area (Å²) in [6.45, 7) is 6.42.